The number of methoxy groups -OCH3 is 2. The summed E-state index contributed by atoms with van der Waals surface area (Å²) in [4.78, 5) is 11.3. The molecule has 0 unspecified atom stereocenters. The number of rotatable bonds is 7. The molecule has 1 aromatic carbocycles. The number of amides is 1. The van der Waals surface area contributed by atoms with E-state index < -0.39 is 6.09 Å². The molecule has 0 aliphatic carbocycles. The van der Waals surface area contributed by atoms with Crippen molar-refractivity contribution in [1.82, 2.24) is 5.32 Å². The van der Waals surface area contributed by atoms with Gasteiger partial charge in [-0.2, -0.15) is 0 Å². The van der Waals surface area contributed by atoms with Crippen molar-refractivity contribution in [2.45, 2.75) is 13.0 Å². The first-order valence-electron chi connectivity index (χ1n) is 6.03. The minimum Gasteiger partial charge on any atom is -0.493 e. The van der Waals surface area contributed by atoms with Gasteiger partial charge in [0.05, 0.1) is 14.2 Å². The molecule has 0 spiro atoms. The molecular formula is C13H20N2O4. The van der Waals surface area contributed by atoms with Crippen LogP contribution in [0.25, 0.3) is 0 Å². The molecule has 0 aromatic heterocycles. The molecule has 3 N–H and O–H groups in total. The second-order valence-corrected chi connectivity index (χ2v) is 3.83. The standard InChI is InChI=1S/C13H20N2O4/c1-17-11-5-4-10(8-12(11)18-2)9-19-13(16)15-7-3-6-14/h4-5,8H,3,6-7,9,14H2,1-2H3,(H,15,16). The molecule has 0 bridgehead atoms. The maximum Gasteiger partial charge on any atom is 0.407 e. The summed E-state index contributed by atoms with van der Waals surface area (Å²) < 4.78 is 15.4. The zero-order chi connectivity index (χ0) is 14.1. The lowest BCUT2D eigenvalue weighted by molar-refractivity contribution is 0.139. The van der Waals surface area contributed by atoms with Gasteiger partial charge in [-0.05, 0) is 30.7 Å². The Balaban J connectivity index is 2.47. The van der Waals surface area contributed by atoms with Crippen LogP contribution in [0.1, 0.15) is 12.0 Å². The summed E-state index contributed by atoms with van der Waals surface area (Å²) in [5.74, 6) is 1.24. The molecule has 19 heavy (non-hydrogen) atoms. The Morgan fingerprint density at radius 1 is 1.26 bits per heavy atom. The van der Waals surface area contributed by atoms with Crippen LogP contribution >= 0.6 is 0 Å². The summed E-state index contributed by atoms with van der Waals surface area (Å²) in [5.41, 5.74) is 6.15. The molecule has 0 saturated carbocycles. The van der Waals surface area contributed by atoms with Crippen molar-refractivity contribution in [2.75, 3.05) is 27.3 Å². The zero-order valence-electron chi connectivity index (χ0n) is 11.3. The van der Waals surface area contributed by atoms with Crippen molar-refractivity contribution in [2.24, 2.45) is 5.73 Å². The maximum absolute atomic E-state index is 11.3. The van der Waals surface area contributed by atoms with Gasteiger partial charge in [-0.3, -0.25) is 0 Å². The van der Waals surface area contributed by atoms with Gasteiger partial charge in [0.25, 0.3) is 0 Å². The fourth-order valence-corrected chi connectivity index (χ4v) is 1.46. The van der Waals surface area contributed by atoms with Gasteiger partial charge < -0.3 is 25.3 Å². The van der Waals surface area contributed by atoms with Gasteiger partial charge in [0, 0.05) is 6.54 Å². The second kappa shape index (κ2) is 8.20. The smallest absolute Gasteiger partial charge is 0.407 e. The van der Waals surface area contributed by atoms with E-state index in [9.17, 15) is 4.79 Å². The van der Waals surface area contributed by atoms with Gasteiger partial charge in [0.1, 0.15) is 6.61 Å². The molecule has 0 saturated heterocycles. The molecule has 1 amide bonds. The Kier molecular flexibility index (Phi) is 6.52. The van der Waals surface area contributed by atoms with Crippen molar-refractivity contribution >= 4 is 6.09 Å². The molecule has 6 heteroatoms. The fraction of sp³-hybridized carbons (Fsp3) is 0.462. The van der Waals surface area contributed by atoms with Crippen molar-refractivity contribution in [3.8, 4) is 11.5 Å². The van der Waals surface area contributed by atoms with Crippen molar-refractivity contribution in [3.05, 3.63) is 23.8 Å². The first-order valence-corrected chi connectivity index (χ1v) is 6.03. The van der Waals surface area contributed by atoms with Crippen LogP contribution in [0.4, 0.5) is 4.79 Å². The van der Waals surface area contributed by atoms with E-state index in [2.05, 4.69) is 5.32 Å². The molecule has 0 atom stereocenters. The van der Waals surface area contributed by atoms with Gasteiger partial charge in [-0.15, -0.1) is 0 Å². The molecule has 6 nitrogen and oxygen atoms in total. The highest BCUT2D eigenvalue weighted by Gasteiger charge is 2.06. The van der Waals surface area contributed by atoms with Crippen LogP contribution in [0.5, 0.6) is 11.5 Å². The molecule has 1 rings (SSSR count). The Morgan fingerprint density at radius 3 is 2.63 bits per heavy atom. The highest BCUT2D eigenvalue weighted by molar-refractivity contribution is 5.67. The molecule has 0 aliphatic heterocycles. The number of benzene rings is 1. The number of ether oxygens (including phenoxy) is 3. The number of nitrogens with two attached hydrogens (primary N) is 1. The molecule has 0 heterocycles. The predicted octanol–water partition coefficient (Wildman–Crippen LogP) is 1.28. The number of nitrogens with one attached hydrogen (secondary N) is 1. The molecular weight excluding hydrogens is 248 g/mol. The topological polar surface area (TPSA) is 82.8 Å². The van der Waals surface area contributed by atoms with Crippen molar-refractivity contribution in [1.29, 1.82) is 0 Å². The summed E-state index contributed by atoms with van der Waals surface area (Å²) in [6.07, 6.45) is 0.272. The first kappa shape index (κ1) is 15.1. The number of hydrogen-bond acceptors (Lipinski definition) is 5. The molecule has 106 valence electrons. The van der Waals surface area contributed by atoms with Crippen molar-refractivity contribution < 1.29 is 19.0 Å². The Hall–Kier alpha value is -1.95. The van der Waals surface area contributed by atoms with Gasteiger partial charge in [0.15, 0.2) is 11.5 Å². The van der Waals surface area contributed by atoms with Crippen LogP contribution < -0.4 is 20.5 Å². The maximum atomic E-state index is 11.3. The quantitative estimate of drug-likeness (QED) is 0.728. The van der Waals surface area contributed by atoms with E-state index >= 15 is 0 Å². The average molecular weight is 268 g/mol. The van der Waals surface area contributed by atoms with Crippen LogP contribution in [0.3, 0.4) is 0 Å². The molecule has 1 aromatic rings. The lowest BCUT2D eigenvalue weighted by Crippen LogP contribution is -2.26. The summed E-state index contributed by atoms with van der Waals surface area (Å²) in [5, 5.41) is 2.61. The SMILES string of the molecule is COc1ccc(COC(=O)NCCCN)cc1OC. The van der Waals surface area contributed by atoms with Gasteiger partial charge >= 0.3 is 6.09 Å². The number of carbonyl (C=O) groups excluding carboxylic acids is 1. The third kappa shape index (κ3) is 5.05. The van der Waals surface area contributed by atoms with E-state index in [1.165, 1.54) is 0 Å². The minimum absolute atomic E-state index is 0.175. The normalized spacial score (nSPS) is 9.84. The van der Waals surface area contributed by atoms with E-state index in [1.54, 1.807) is 26.4 Å². The highest BCUT2D eigenvalue weighted by Crippen LogP contribution is 2.27. The second-order valence-electron chi connectivity index (χ2n) is 3.83. The predicted molar refractivity (Wildman–Crippen MR) is 71.4 cm³/mol. The van der Waals surface area contributed by atoms with Gasteiger partial charge in [-0.1, -0.05) is 6.07 Å². The number of alkyl carbamates (subject to hydrolysis) is 1. The number of carbonyl (C=O) groups is 1. The highest BCUT2D eigenvalue weighted by atomic mass is 16.5. The van der Waals surface area contributed by atoms with Crippen molar-refractivity contribution in [3.63, 3.8) is 0 Å². The van der Waals surface area contributed by atoms with E-state index in [4.69, 9.17) is 19.9 Å². The van der Waals surface area contributed by atoms with Crippen LogP contribution in [0.15, 0.2) is 18.2 Å². The summed E-state index contributed by atoms with van der Waals surface area (Å²) in [7, 11) is 3.13. The minimum atomic E-state index is -0.455. The Bertz CT molecular complexity index is 410. The summed E-state index contributed by atoms with van der Waals surface area (Å²) >= 11 is 0. The molecule has 0 fully saturated rings. The molecule has 0 radical (unpaired) electrons. The van der Waals surface area contributed by atoms with E-state index in [0.717, 1.165) is 12.0 Å². The first-order chi connectivity index (χ1) is 9.21. The van der Waals surface area contributed by atoms with Crippen LogP contribution in [-0.4, -0.2) is 33.4 Å². The van der Waals surface area contributed by atoms with E-state index in [1.807, 2.05) is 6.07 Å². The monoisotopic (exact) mass is 268 g/mol. The van der Waals surface area contributed by atoms with Crippen LogP contribution in [0, 0.1) is 0 Å². The summed E-state index contributed by atoms with van der Waals surface area (Å²) in [6, 6.07) is 5.35. The lowest BCUT2D eigenvalue weighted by Gasteiger charge is -2.10. The zero-order valence-corrected chi connectivity index (χ0v) is 11.3. The Morgan fingerprint density at radius 2 is 2.00 bits per heavy atom. The third-order valence-corrected chi connectivity index (χ3v) is 2.47. The Labute approximate surface area is 112 Å². The van der Waals surface area contributed by atoms with Crippen LogP contribution in [-0.2, 0) is 11.3 Å². The van der Waals surface area contributed by atoms with E-state index in [0.29, 0.717) is 24.6 Å². The van der Waals surface area contributed by atoms with E-state index in [-0.39, 0.29) is 6.61 Å². The van der Waals surface area contributed by atoms with Gasteiger partial charge in [-0.25, -0.2) is 4.79 Å². The average Bonchev–Trinajstić information content (AvgIpc) is 2.45. The lowest BCUT2D eigenvalue weighted by atomic mass is 10.2. The fourth-order valence-electron chi connectivity index (χ4n) is 1.46. The molecule has 0 aliphatic rings. The van der Waals surface area contributed by atoms with Crippen LogP contribution in [0.2, 0.25) is 0 Å². The largest absolute Gasteiger partial charge is 0.493 e. The number of hydrogen-bond donors (Lipinski definition) is 2. The summed E-state index contributed by atoms with van der Waals surface area (Å²) in [6.45, 7) is 1.23. The third-order valence-electron chi connectivity index (χ3n) is 2.47. The van der Waals surface area contributed by atoms with Gasteiger partial charge in [0.2, 0.25) is 0 Å².